The number of benzene rings is 2. The lowest BCUT2D eigenvalue weighted by Gasteiger charge is -2.63. The SMILES string of the molecule is CC[C@]12C=CCN3CC[C@@]4(c5cc([C@@]6(C(=O)OC)C[C@@H]7CN(CCc8c6[nH]c6ccccc86)C[C@](O)(CCC#N)C7)c(OC)cc5N(C)[C@H]4[C@@](O)(C(=O)OC)[C@@H]1OC(C)=O)[C@@H]32. The van der Waals surface area contributed by atoms with Gasteiger partial charge in [-0.15, -0.1) is 0 Å². The predicted molar refractivity (Wildman–Crippen MR) is 225 cm³/mol. The van der Waals surface area contributed by atoms with E-state index >= 15 is 4.79 Å². The first-order valence-electron chi connectivity index (χ1n) is 21.6. The van der Waals surface area contributed by atoms with Gasteiger partial charge in [0.15, 0.2) is 6.10 Å². The van der Waals surface area contributed by atoms with E-state index in [9.17, 15) is 25.1 Å². The van der Waals surface area contributed by atoms with Gasteiger partial charge < -0.3 is 39.0 Å². The molecule has 1 spiro atoms. The van der Waals surface area contributed by atoms with E-state index in [0.29, 0.717) is 87.5 Å². The van der Waals surface area contributed by atoms with Crippen molar-refractivity contribution < 1.29 is 43.5 Å². The Balaban J connectivity index is 1.35. The first-order chi connectivity index (χ1) is 29.2. The molecule has 1 aliphatic carbocycles. The average molecular weight is 836 g/mol. The minimum absolute atomic E-state index is 0.206. The van der Waals surface area contributed by atoms with Crippen LogP contribution in [0.15, 0.2) is 48.6 Å². The third-order valence-electron chi connectivity index (χ3n) is 15.6. The molecule has 2 saturated heterocycles. The molecule has 1 saturated carbocycles. The normalized spacial score (nSPS) is 36.0. The van der Waals surface area contributed by atoms with Crippen LogP contribution in [-0.4, -0.2) is 133 Å². The molecule has 1 aromatic heterocycles. The zero-order valence-corrected chi connectivity index (χ0v) is 36.0. The highest BCUT2D eigenvalue weighted by Gasteiger charge is 2.80. The van der Waals surface area contributed by atoms with Gasteiger partial charge in [0.05, 0.1) is 39.0 Å². The quantitative estimate of drug-likeness (QED) is 0.169. The van der Waals surface area contributed by atoms with E-state index in [1.807, 2.05) is 55.3 Å². The highest BCUT2D eigenvalue weighted by molar-refractivity contribution is 5.95. The average Bonchev–Trinajstić information content (AvgIpc) is 3.92. The van der Waals surface area contributed by atoms with Crippen molar-refractivity contribution in [1.29, 1.82) is 5.26 Å². The van der Waals surface area contributed by atoms with Gasteiger partial charge in [-0.2, -0.15) is 5.26 Å². The lowest BCUT2D eigenvalue weighted by Crippen LogP contribution is -2.81. The molecule has 324 valence electrons. The maximum Gasteiger partial charge on any atom is 0.344 e. The highest BCUT2D eigenvalue weighted by Crippen LogP contribution is 2.68. The molecular weight excluding hydrogens is 779 g/mol. The van der Waals surface area contributed by atoms with E-state index in [1.165, 1.54) is 21.1 Å². The van der Waals surface area contributed by atoms with Gasteiger partial charge in [0.1, 0.15) is 11.2 Å². The van der Waals surface area contributed by atoms with E-state index < -0.39 is 57.5 Å². The Kier molecular flexibility index (Phi) is 9.90. The largest absolute Gasteiger partial charge is 0.496 e. The van der Waals surface area contributed by atoms with Crippen molar-refractivity contribution in [2.75, 3.05) is 66.0 Å². The number of H-pyrrole nitrogens is 1. The van der Waals surface area contributed by atoms with Crippen LogP contribution in [0.5, 0.6) is 5.75 Å². The fourth-order valence-corrected chi connectivity index (χ4v) is 13.7. The van der Waals surface area contributed by atoms with Crippen LogP contribution in [-0.2, 0) is 45.8 Å². The number of anilines is 1. The van der Waals surface area contributed by atoms with Crippen LogP contribution in [0.1, 0.15) is 74.8 Å². The fourth-order valence-electron chi connectivity index (χ4n) is 13.7. The van der Waals surface area contributed by atoms with Crippen LogP contribution in [0.2, 0.25) is 0 Å². The highest BCUT2D eigenvalue weighted by atomic mass is 16.6. The van der Waals surface area contributed by atoms with E-state index in [4.69, 9.17) is 18.9 Å². The monoisotopic (exact) mass is 835 g/mol. The molecule has 3 N–H and O–H groups in total. The molecule has 14 heteroatoms. The number of carbonyl (C=O) groups excluding carboxylic acids is 3. The van der Waals surface area contributed by atoms with Crippen LogP contribution in [0.3, 0.4) is 0 Å². The zero-order valence-electron chi connectivity index (χ0n) is 36.0. The number of methoxy groups -OCH3 is 3. The molecule has 6 heterocycles. The second kappa shape index (κ2) is 14.6. The predicted octanol–water partition coefficient (Wildman–Crippen LogP) is 3.88. The van der Waals surface area contributed by atoms with Gasteiger partial charge in [-0.25, -0.2) is 4.79 Å². The number of aliphatic hydroxyl groups is 2. The van der Waals surface area contributed by atoms with Gasteiger partial charge in [-0.1, -0.05) is 37.3 Å². The fraction of sp³-hybridized carbons (Fsp3) is 0.574. The summed E-state index contributed by atoms with van der Waals surface area (Å²) < 4.78 is 23.9. The second-order valence-corrected chi connectivity index (χ2v) is 18.5. The summed E-state index contributed by atoms with van der Waals surface area (Å²) in [6, 6.07) is 13.0. The minimum Gasteiger partial charge on any atom is -0.496 e. The number of ether oxygens (including phenoxy) is 4. The van der Waals surface area contributed by atoms with E-state index in [0.717, 1.165) is 22.0 Å². The van der Waals surface area contributed by atoms with Gasteiger partial charge in [0.25, 0.3) is 0 Å². The number of para-hydroxylation sites is 1. The number of fused-ring (bicyclic) bond motifs is 6. The summed E-state index contributed by atoms with van der Waals surface area (Å²) in [5.74, 6) is -1.79. The molecule has 14 nitrogen and oxygen atoms in total. The van der Waals surface area contributed by atoms with Gasteiger partial charge in [0.2, 0.25) is 5.60 Å². The van der Waals surface area contributed by atoms with Crippen LogP contribution in [0.4, 0.5) is 5.69 Å². The Morgan fingerprint density at radius 1 is 1.02 bits per heavy atom. The minimum atomic E-state index is -2.33. The van der Waals surface area contributed by atoms with E-state index in [-0.39, 0.29) is 24.8 Å². The number of carbonyl (C=O) groups is 3. The molecule has 1 unspecified atom stereocenters. The second-order valence-electron chi connectivity index (χ2n) is 18.5. The number of esters is 3. The molecule has 9 rings (SSSR count). The molecule has 3 aromatic rings. The molecule has 5 aliphatic heterocycles. The number of nitrogens with one attached hydrogen (secondary N) is 1. The Labute approximate surface area is 356 Å². The third-order valence-corrected chi connectivity index (χ3v) is 15.6. The summed E-state index contributed by atoms with van der Waals surface area (Å²) in [7, 11) is 6.07. The van der Waals surface area contributed by atoms with Crippen molar-refractivity contribution in [1.82, 2.24) is 14.8 Å². The topological polar surface area (TPSA) is 178 Å². The summed E-state index contributed by atoms with van der Waals surface area (Å²) in [6.07, 6.45) is 5.52. The molecule has 2 bridgehead atoms. The van der Waals surface area contributed by atoms with Crippen molar-refractivity contribution in [2.24, 2.45) is 11.3 Å². The van der Waals surface area contributed by atoms with E-state index in [2.05, 4.69) is 33.0 Å². The summed E-state index contributed by atoms with van der Waals surface area (Å²) in [6.45, 7) is 6.25. The van der Waals surface area contributed by atoms with Crippen LogP contribution < -0.4 is 9.64 Å². The number of piperidine rings is 1. The lowest BCUT2D eigenvalue weighted by atomic mass is 9.47. The number of hydrogen-bond acceptors (Lipinski definition) is 13. The summed E-state index contributed by atoms with van der Waals surface area (Å²) in [5.41, 5.74) is -2.22. The molecule has 10 atom stereocenters. The van der Waals surface area contributed by atoms with Gasteiger partial charge in [0, 0.05) is 97.4 Å². The number of rotatable bonds is 8. The van der Waals surface area contributed by atoms with Crippen LogP contribution in [0, 0.1) is 22.7 Å². The third kappa shape index (κ3) is 5.55. The Bertz CT molecular complexity index is 2370. The molecule has 2 aromatic carbocycles. The van der Waals surface area contributed by atoms with E-state index in [1.54, 1.807) is 7.11 Å². The molecule has 0 radical (unpaired) electrons. The van der Waals surface area contributed by atoms with Crippen molar-refractivity contribution in [3.8, 4) is 11.8 Å². The summed E-state index contributed by atoms with van der Waals surface area (Å²) in [4.78, 5) is 53.1. The number of nitriles is 1. The van der Waals surface area contributed by atoms with Crippen LogP contribution >= 0.6 is 0 Å². The maximum absolute atomic E-state index is 15.4. The lowest BCUT2D eigenvalue weighted by molar-refractivity contribution is -0.228. The molecule has 0 amide bonds. The standard InChI is InChI=1S/C47H57N5O9/c1-7-44-16-11-19-52-21-17-45(38(44)52)32-22-33(36(58-4)23-35(32)50(3)39(45)47(57,42(55)60-6)40(44)61-28(2)53)46(41(54)59-5)25-29-24-43(56,15-10-18-48)27-51(26-29)20-14-31-30-12-8-9-13-34(30)49-37(31)46/h8-9,11-13,16,22-23,29,38-40,49,56-57H,7,10,14-15,17,19-21,24-27H2,1-6H3/t29-,38+,39-,40-,43+,44-,45-,46+,47+/m1/s1. The molecule has 61 heavy (non-hydrogen) atoms. The zero-order chi connectivity index (χ0) is 43.3. The first-order valence-corrected chi connectivity index (χ1v) is 21.6. The van der Waals surface area contributed by atoms with Crippen molar-refractivity contribution >= 4 is 34.5 Å². The van der Waals surface area contributed by atoms with Crippen molar-refractivity contribution in [2.45, 2.75) is 99.0 Å². The van der Waals surface area contributed by atoms with Gasteiger partial charge in [-0.05, 0) is 74.2 Å². The number of aromatic nitrogens is 1. The molecule has 3 fully saturated rings. The van der Waals surface area contributed by atoms with Crippen molar-refractivity contribution in [3.05, 3.63) is 70.9 Å². The Morgan fingerprint density at radius 2 is 1.79 bits per heavy atom. The first kappa shape index (κ1) is 41.4. The number of likely N-dealkylation sites (N-methyl/N-ethyl adjacent to an activating group) is 1. The maximum atomic E-state index is 15.4. The molecule has 6 aliphatic rings. The van der Waals surface area contributed by atoms with Crippen molar-refractivity contribution in [3.63, 3.8) is 0 Å². The Hall–Kier alpha value is -4.94. The molecular formula is C47H57N5O9. The van der Waals surface area contributed by atoms with Crippen LogP contribution in [0.25, 0.3) is 10.9 Å². The number of hydrogen-bond donors (Lipinski definition) is 3. The summed E-state index contributed by atoms with van der Waals surface area (Å²) in [5, 5.41) is 36.1. The smallest absolute Gasteiger partial charge is 0.344 e. The summed E-state index contributed by atoms with van der Waals surface area (Å²) >= 11 is 0. The van der Waals surface area contributed by atoms with Gasteiger partial charge >= 0.3 is 17.9 Å². The number of nitrogens with zero attached hydrogens (tertiary/aromatic N) is 4. The van der Waals surface area contributed by atoms with Gasteiger partial charge in [-0.3, -0.25) is 19.4 Å². The number of aromatic amines is 1. The Morgan fingerprint density at radius 3 is 2.49 bits per heavy atom.